The van der Waals surface area contributed by atoms with E-state index in [1.807, 2.05) is 13.0 Å². The van der Waals surface area contributed by atoms with Crippen molar-refractivity contribution in [3.8, 4) is 22.7 Å². The minimum Gasteiger partial charge on any atom is -0.488 e. The number of hydrogen-bond donors (Lipinski definition) is 1. The van der Waals surface area contributed by atoms with E-state index in [0.29, 0.717) is 34.1 Å². The summed E-state index contributed by atoms with van der Waals surface area (Å²) in [5.41, 5.74) is 2.45. The molecule has 0 bridgehead atoms. The lowest BCUT2D eigenvalue weighted by Crippen LogP contribution is -2.25. The van der Waals surface area contributed by atoms with E-state index in [9.17, 15) is 27.1 Å². The van der Waals surface area contributed by atoms with Crippen LogP contribution in [0.4, 0.5) is 14.5 Å². The van der Waals surface area contributed by atoms with Crippen LogP contribution in [-0.2, 0) is 16.6 Å². The van der Waals surface area contributed by atoms with E-state index in [0.717, 1.165) is 11.8 Å². The number of aryl methyl sites for hydroxylation is 1. The molecule has 1 aliphatic heterocycles. The van der Waals surface area contributed by atoms with Gasteiger partial charge in [0.1, 0.15) is 12.4 Å². The fourth-order valence-electron chi connectivity index (χ4n) is 4.66. The molecule has 0 amide bonds. The molecule has 0 spiro atoms. The van der Waals surface area contributed by atoms with Crippen LogP contribution >= 0.6 is 11.6 Å². The van der Waals surface area contributed by atoms with E-state index in [1.54, 1.807) is 34.9 Å². The molecule has 1 aliphatic rings. The number of carboxylic acids is 1. The minimum atomic E-state index is -3.56. The predicted molar refractivity (Wildman–Crippen MR) is 144 cm³/mol. The van der Waals surface area contributed by atoms with E-state index in [-0.39, 0.29) is 35.7 Å². The second-order valence-corrected chi connectivity index (χ2v) is 11.6. The third kappa shape index (κ3) is 5.22. The van der Waals surface area contributed by atoms with Gasteiger partial charge in [0.05, 0.1) is 22.7 Å². The van der Waals surface area contributed by atoms with E-state index >= 15 is 0 Å². The summed E-state index contributed by atoms with van der Waals surface area (Å²) in [6.45, 7) is 1.82. The van der Waals surface area contributed by atoms with Crippen molar-refractivity contribution in [2.75, 3.05) is 16.6 Å². The van der Waals surface area contributed by atoms with Crippen molar-refractivity contribution in [3.05, 3.63) is 100 Å². The first-order chi connectivity index (χ1) is 18.5. The summed E-state index contributed by atoms with van der Waals surface area (Å²) in [4.78, 5) is 12.0. The number of halogens is 3. The lowest BCUT2D eigenvalue weighted by atomic mass is 10.1. The average Bonchev–Trinajstić information content (AvgIpc) is 3.46. The Balaban J connectivity index is 1.61. The van der Waals surface area contributed by atoms with E-state index in [1.165, 1.54) is 28.6 Å². The zero-order chi connectivity index (χ0) is 27.9. The lowest BCUT2D eigenvalue weighted by Gasteiger charge is -2.21. The van der Waals surface area contributed by atoms with Crippen LogP contribution in [0.5, 0.6) is 5.75 Å². The van der Waals surface area contributed by atoms with Gasteiger partial charge in [0.2, 0.25) is 10.0 Å². The molecule has 4 aromatic rings. The maximum absolute atomic E-state index is 14.2. The van der Waals surface area contributed by atoms with E-state index in [2.05, 4.69) is 0 Å². The van der Waals surface area contributed by atoms with Gasteiger partial charge in [0.25, 0.3) is 0 Å². The summed E-state index contributed by atoms with van der Waals surface area (Å²) >= 11 is 6.32. The third-order valence-electron chi connectivity index (χ3n) is 6.50. The highest BCUT2D eigenvalue weighted by atomic mass is 35.5. The van der Waals surface area contributed by atoms with Crippen LogP contribution in [0.3, 0.4) is 0 Å². The van der Waals surface area contributed by atoms with Crippen LogP contribution in [0.2, 0.25) is 5.02 Å². The molecule has 1 saturated heterocycles. The van der Waals surface area contributed by atoms with Gasteiger partial charge in [0.15, 0.2) is 11.6 Å². The number of ether oxygens (including phenoxy) is 1. The van der Waals surface area contributed by atoms with Gasteiger partial charge in [-0.05, 0) is 67.9 Å². The highest BCUT2D eigenvalue weighted by Gasteiger charge is 2.30. The van der Waals surface area contributed by atoms with E-state index in [4.69, 9.17) is 16.3 Å². The Morgan fingerprint density at radius 2 is 1.82 bits per heavy atom. The molecule has 202 valence electrons. The zero-order valence-electron chi connectivity index (χ0n) is 20.7. The van der Waals surface area contributed by atoms with Gasteiger partial charge >= 0.3 is 5.97 Å². The van der Waals surface area contributed by atoms with Crippen molar-refractivity contribution in [2.24, 2.45) is 0 Å². The lowest BCUT2D eigenvalue weighted by molar-refractivity contribution is 0.0697. The van der Waals surface area contributed by atoms with E-state index < -0.39 is 27.6 Å². The maximum Gasteiger partial charge on any atom is 0.335 e. The van der Waals surface area contributed by atoms with Gasteiger partial charge in [-0.1, -0.05) is 23.7 Å². The van der Waals surface area contributed by atoms with Crippen molar-refractivity contribution >= 4 is 33.3 Å². The molecule has 2 heterocycles. The van der Waals surface area contributed by atoms with Gasteiger partial charge in [-0.15, -0.1) is 0 Å². The molecular formula is C28H23ClF2N2O5S. The Morgan fingerprint density at radius 1 is 1.05 bits per heavy atom. The van der Waals surface area contributed by atoms with Gasteiger partial charge in [-0.25, -0.2) is 22.0 Å². The topological polar surface area (TPSA) is 88.8 Å². The zero-order valence-corrected chi connectivity index (χ0v) is 22.3. The summed E-state index contributed by atoms with van der Waals surface area (Å²) in [6.07, 6.45) is 0.442. The number of nitrogens with zero attached hydrogens (tertiary/aromatic N) is 2. The summed E-state index contributed by atoms with van der Waals surface area (Å²) in [5, 5.41) is 10.2. The molecule has 0 saturated carbocycles. The summed E-state index contributed by atoms with van der Waals surface area (Å²) < 4.78 is 62.0. The molecule has 1 aromatic heterocycles. The number of aromatic carboxylic acids is 1. The standard InChI is InChI=1S/C28H23ClF2N2O5S/c1-17-6-8-25(23-14-20(29)7-9-26(23)38-16-18-4-2-5-24(30)27(18)31)33(17)22-13-19(28(34)35)12-21(15-22)32-10-3-11-39(32,36)37/h2,4-9,12-15H,3,10-11,16H2,1H3,(H,34,35). The Morgan fingerprint density at radius 3 is 2.54 bits per heavy atom. The van der Waals surface area contributed by atoms with Crippen molar-refractivity contribution in [2.45, 2.75) is 20.0 Å². The maximum atomic E-state index is 14.2. The van der Waals surface area contributed by atoms with Gasteiger partial charge in [-0.2, -0.15) is 0 Å². The Kier molecular flexibility index (Phi) is 7.09. The quantitative estimate of drug-likeness (QED) is 0.285. The smallest absolute Gasteiger partial charge is 0.335 e. The van der Waals surface area contributed by atoms with Crippen LogP contribution in [0.1, 0.15) is 28.0 Å². The third-order valence-corrected chi connectivity index (χ3v) is 8.61. The molecule has 0 atom stereocenters. The highest BCUT2D eigenvalue weighted by Crippen LogP contribution is 2.37. The Bertz CT molecular complexity index is 1700. The predicted octanol–water partition coefficient (Wildman–Crippen LogP) is 6.20. The van der Waals surface area contributed by atoms with Crippen LogP contribution in [0.15, 0.2) is 66.7 Å². The molecular weight excluding hydrogens is 550 g/mol. The van der Waals surface area contributed by atoms with Crippen LogP contribution in [0.25, 0.3) is 16.9 Å². The molecule has 1 N–H and O–H groups in total. The Labute approximate surface area is 228 Å². The molecule has 0 aliphatic carbocycles. The summed E-state index contributed by atoms with van der Waals surface area (Å²) in [7, 11) is -3.56. The molecule has 1 fully saturated rings. The number of carboxylic acid groups (broad SMARTS) is 1. The number of benzene rings is 3. The van der Waals surface area contributed by atoms with Crippen LogP contribution in [0, 0.1) is 18.6 Å². The molecule has 3 aromatic carbocycles. The fourth-order valence-corrected chi connectivity index (χ4v) is 6.38. The molecule has 11 heteroatoms. The first kappa shape index (κ1) is 26.7. The van der Waals surface area contributed by atoms with Crippen molar-refractivity contribution in [3.63, 3.8) is 0 Å². The number of anilines is 1. The van der Waals surface area contributed by atoms with Crippen LogP contribution < -0.4 is 9.04 Å². The number of hydrogen-bond acceptors (Lipinski definition) is 4. The van der Waals surface area contributed by atoms with Gasteiger partial charge in [-0.3, -0.25) is 4.31 Å². The second-order valence-electron chi connectivity index (χ2n) is 9.12. The van der Waals surface area contributed by atoms with Crippen molar-refractivity contribution in [1.29, 1.82) is 0 Å². The number of aromatic nitrogens is 1. The average molecular weight is 573 g/mol. The first-order valence-corrected chi connectivity index (χ1v) is 14.0. The van der Waals surface area contributed by atoms with Crippen LogP contribution in [-0.4, -0.2) is 36.4 Å². The molecule has 0 radical (unpaired) electrons. The summed E-state index contributed by atoms with van der Waals surface area (Å²) in [5.74, 6) is -2.86. The molecule has 0 unspecified atom stereocenters. The van der Waals surface area contributed by atoms with Gasteiger partial charge in [0, 0.05) is 34.1 Å². The Hall–Kier alpha value is -3.89. The highest BCUT2D eigenvalue weighted by molar-refractivity contribution is 7.93. The van der Waals surface area contributed by atoms with Crippen molar-refractivity contribution < 1.29 is 31.8 Å². The fraction of sp³-hybridized carbons (Fsp3) is 0.179. The second kappa shape index (κ2) is 10.3. The monoisotopic (exact) mass is 572 g/mol. The number of carbonyl (C=O) groups is 1. The normalized spacial score (nSPS) is 14.5. The minimum absolute atomic E-state index is 0.0114. The molecule has 39 heavy (non-hydrogen) atoms. The molecule has 5 rings (SSSR count). The summed E-state index contributed by atoms with van der Waals surface area (Å²) in [6, 6.07) is 16.7. The van der Waals surface area contributed by atoms with Gasteiger partial charge < -0.3 is 14.4 Å². The largest absolute Gasteiger partial charge is 0.488 e. The first-order valence-electron chi connectivity index (χ1n) is 12.0. The SMILES string of the molecule is Cc1ccc(-c2cc(Cl)ccc2OCc2cccc(F)c2F)n1-c1cc(C(=O)O)cc(N2CCCS2(=O)=O)c1. The van der Waals surface area contributed by atoms with Crippen molar-refractivity contribution in [1.82, 2.24) is 4.57 Å². The molecule has 7 nitrogen and oxygen atoms in total. The number of sulfonamides is 1. The number of rotatable bonds is 7.